The lowest BCUT2D eigenvalue weighted by molar-refractivity contribution is -0.137. The average Bonchev–Trinajstić information content (AvgIpc) is 3.69. The molecule has 2 aromatic carbocycles. The van der Waals surface area contributed by atoms with Gasteiger partial charge >= 0.3 is 12.3 Å². The first-order valence-electron chi connectivity index (χ1n) is 16.7. The van der Waals surface area contributed by atoms with E-state index in [4.69, 9.17) is 19.6 Å². The Balaban J connectivity index is 1.38. The summed E-state index contributed by atoms with van der Waals surface area (Å²) in [7, 11) is -4.04. The largest absolute Gasteiger partial charge is 0.488 e. The van der Waals surface area contributed by atoms with E-state index in [1.807, 2.05) is 0 Å². The van der Waals surface area contributed by atoms with Crippen molar-refractivity contribution in [3.8, 4) is 28.3 Å². The van der Waals surface area contributed by atoms with Crippen LogP contribution in [0.15, 0.2) is 94.6 Å². The molecule has 0 aliphatic heterocycles. The lowest BCUT2D eigenvalue weighted by atomic mass is 10.0. The van der Waals surface area contributed by atoms with E-state index in [9.17, 15) is 26.4 Å². The highest BCUT2D eigenvalue weighted by Crippen LogP contribution is 2.38. The number of aryl methyl sites for hydroxylation is 2. The number of fused-ring (bicyclic) bond motifs is 1. The molecule has 3 N–H and O–H groups in total. The SMILES string of the molecule is Cc1occc1-c1nc(N)c(OC[C@H](Cc2cccc(C(F)(F)F)c2)NC(=O)OC(C)(C)C)cc1-c1cc2c(C)nn(S(=O)(=O)c3ccccc3)c2cn1. The molecule has 0 saturated carbocycles. The van der Waals surface area contributed by atoms with E-state index in [2.05, 4.69) is 20.4 Å². The number of alkyl carbamates (subject to hydrolysis) is 1. The molecular weight excluding hydrogens is 726 g/mol. The quantitative estimate of drug-likeness (QED) is 0.141. The summed E-state index contributed by atoms with van der Waals surface area (Å²) in [5.41, 5.74) is 7.57. The van der Waals surface area contributed by atoms with Gasteiger partial charge in [0.25, 0.3) is 10.0 Å². The summed E-state index contributed by atoms with van der Waals surface area (Å²) in [4.78, 5) is 22.2. The number of halogens is 3. The van der Waals surface area contributed by atoms with Crippen molar-refractivity contribution in [1.82, 2.24) is 24.5 Å². The van der Waals surface area contributed by atoms with Crippen molar-refractivity contribution in [3.05, 3.63) is 108 Å². The number of nitrogens with one attached hydrogen (secondary N) is 1. The van der Waals surface area contributed by atoms with Crippen LogP contribution < -0.4 is 15.8 Å². The van der Waals surface area contributed by atoms with E-state index in [0.29, 0.717) is 44.9 Å². The van der Waals surface area contributed by atoms with Gasteiger partial charge in [0.05, 0.1) is 46.0 Å². The van der Waals surface area contributed by atoms with Gasteiger partial charge in [-0.1, -0.05) is 36.4 Å². The minimum absolute atomic E-state index is 0.0246. The van der Waals surface area contributed by atoms with Crippen molar-refractivity contribution in [2.45, 2.75) is 63.8 Å². The van der Waals surface area contributed by atoms with E-state index < -0.39 is 39.5 Å². The van der Waals surface area contributed by atoms with Crippen LogP contribution in [0.3, 0.4) is 0 Å². The minimum Gasteiger partial charge on any atom is -0.488 e. The Labute approximate surface area is 309 Å². The molecule has 4 aromatic heterocycles. The molecule has 6 rings (SSSR count). The van der Waals surface area contributed by atoms with E-state index in [1.165, 1.54) is 36.7 Å². The van der Waals surface area contributed by atoms with Crippen molar-refractivity contribution < 1.29 is 40.3 Å². The average molecular weight is 763 g/mol. The summed E-state index contributed by atoms with van der Waals surface area (Å²) < 4.78 is 85.6. The minimum atomic E-state index is -4.56. The van der Waals surface area contributed by atoms with Crippen molar-refractivity contribution in [2.75, 3.05) is 12.3 Å². The second kappa shape index (κ2) is 14.5. The third-order valence-electron chi connectivity index (χ3n) is 8.29. The first-order chi connectivity index (χ1) is 25.4. The van der Waals surface area contributed by atoms with Gasteiger partial charge in [-0.05, 0) is 83.0 Å². The predicted molar refractivity (Wildman–Crippen MR) is 195 cm³/mol. The molecule has 1 atom stereocenters. The molecule has 0 fully saturated rings. The fraction of sp³-hybridized carbons (Fsp3) is 0.263. The molecule has 1 amide bonds. The van der Waals surface area contributed by atoms with Gasteiger partial charge < -0.3 is 24.9 Å². The van der Waals surface area contributed by atoms with Crippen LogP contribution in [0.4, 0.5) is 23.8 Å². The summed E-state index contributed by atoms with van der Waals surface area (Å²) in [5.74, 6) is 0.609. The van der Waals surface area contributed by atoms with Crippen LogP contribution in [0.25, 0.3) is 33.4 Å². The van der Waals surface area contributed by atoms with E-state index >= 15 is 0 Å². The van der Waals surface area contributed by atoms with Gasteiger partial charge in [0.2, 0.25) is 0 Å². The summed E-state index contributed by atoms with van der Waals surface area (Å²) in [6.45, 7) is 8.25. The van der Waals surface area contributed by atoms with E-state index in [-0.39, 0.29) is 35.0 Å². The molecule has 16 heteroatoms. The molecule has 0 saturated heterocycles. The van der Waals surface area contributed by atoms with Gasteiger partial charge in [-0.2, -0.15) is 30.8 Å². The van der Waals surface area contributed by atoms with Gasteiger partial charge in [0, 0.05) is 16.5 Å². The topological polar surface area (TPSA) is 164 Å². The van der Waals surface area contributed by atoms with Gasteiger partial charge in [0.15, 0.2) is 11.6 Å². The smallest absolute Gasteiger partial charge is 0.416 e. The normalized spacial score (nSPS) is 12.8. The first-order valence-corrected chi connectivity index (χ1v) is 18.1. The molecule has 0 aliphatic carbocycles. The molecule has 0 spiro atoms. The zero-order valence-corrected chi connectivity index (χ0v) is 30.7. The molecular formula is C38H37F3N6O6S. The number of carbonyl (C=O) groups excluding carboxylic acids is 1. The fourth-order valence-corrected chi connectivity index (χ4v) is 7.12. The van der Waals surface area contributed by atoms with Crippen molar-refractivity contribution >= 4 is 32.8 Å². The third kappa shape index (κ3) is 8.17. The number of aromatic nitrogens is 4. The van der Waals surface area contributed by atoms with E-state index in [1.54, 1.807) is 71.0 Å². The Morgan fingerprint density at radius 1 is 1.00 bits per heavy atom. The van der Waals surface area contributed by atoms with Crippen LogP contribution in [-0.2, 0) is 27.4 Å². The maximum absolute atomic E-state index is 13.5. The molecule has 4 heterocycles. The fourth-order valence-electron chi connectivity index (χ4n) is 5.79. The van der Waals surface area contributed by atoms with Crippen LogP contribution in [0.2, 0.25) is 0 Å². The van der Waals surface area contributed by atoms with Crippen LogP contribution >= 0.6 is 0 Å². The molecule has 6 aromatic rings. The number of hydrogen-bond donors (Lipinski definition) is 2. The second-order valence-electron chi connectivity index (χ2n) is 13.5. The zero-order chi connectivity index (χ0) is 39.0. The Morgan fingerprint density at radius 3 is 2.41 bits per heavy atom. The Morgan fingerprint density at radius 2 is 1.74 bits per heavy atom. The van der Waals surface area contributed by atoms with Gasteiger partial charge in [-0.25, -0.2) is 9.78 Å². The number of benzene rings is 2. The van der Waals surface area contributed by atoms with E-state index in [0.717, 1.165) is 16.2 Å². The highest BCUT2D eigenvalue weighted by molar-refractivity contribution is 7.90. The third-order valence-corrected chi connectivity index (χ3v) is 9.89. The predicted octanol–water partition coefficient (Wildman–Crippen LogP) is 7.72. The highest BCUT2D eigenvalue weighted by atomic mass is 32.2. The number of nitrogens with two attached hydrogens (primary N) is 1. The molecule has 0 bridgehead atoms. The summed E-state index contributed by atoms with van der Waals surface area (Å²) in [5, 5.41) is 7.55. The Hall–Kier alpha value is -5.90. The Bertz CT molecular complexity index is 2440. The number of nitrogen functional groups attached to an aromatic ring is 1. The number of rotatable bonds is 10. The molecule has 0 aliphatic rings. The number of anilines is 1. The number of pyridine rings is 2. The number of alkyl halides is 3. The molecule has 54 heavy (non-hydrogen) atoms. The number of amides is 1. The monoisotopic (exact) mass is 762 g/mol. The zero-order valence-electron chi connectivity index (χ0n) is 29.9. The summed E-state index contributed by atoms with van der Waals surface area (Å²) in [6, 6.07) is 16.8. The van der Waals surface area contributed by atoms with Gasteiger partial charge in [-0.15, -0.1) is 0 Å². The summed E-state index contributed by atoms with van der Waals surface area (Å²) >= 11 is 0. The Kier molecular flexibility index (Phi) is 10.2. The van der Waals surface area contributed by atoms with Gasteiger partial charge in [-0.3, -0.25) is 4.98 Å². The number of hydrogen-bond acceptors (Lipinski definition) is 10. The van der Waals surface area contributed by atoms with Gasteiger partial charge in [0.1, 0.15) is 23.5 Å². The maximum atomic E-state index is 13.5. The number of carbonyl (C=O) groups is 1. The number of furan rings is 1. The van der Waals surface area contributed by atoms with Crippen molar-refractivity contribution in [2.24, 2.45) is 0 Å². The second-order valence-corrected chi connectivity index (χ2v) is 15.3. The highest BCUT2D eigenvalue weighted by Gasteiger charge is 2.31. The first kappa shape index (κ1) is 37.8. The molecule has 0 radical (unpaired) electrons. The molecule has 12 nitrogen and oxygen atoms in total. The number of nitrogens with zero attached hydrogens (tertiary/aromatic N) is 4. The number of ether oxygens (including phenoxy) is 2. The van der Waals surface area contributed by atoms with Crippen LogP contribution in [0.5, 0.6) is 5.75 Å². The summed E-state index contributed by atoms with van der Waals surface area (Å²) in [6.07, 6.45) is -2.48. The van der Waals surface area contributed by atoms with Crippen LogP contribution in [0, 0.1) is 13.8 Å². The van der Waals surface area contributed by atoms with Crippen LogP contribution in [-0.4, -0.2) is 51.9 Å². The van der Waals surface area contributed by atoms with Crippen molar-refractivity contribution in [3.63, 3.8) is 0 Å². The maximum Gasteiger partial charge on any atom is 0.416 e. The molecule has 0 unspecified atom stereocenters. The van der Waals surface area contributed by atoms with Crippen molar-refractivity contribution in [1.29, 1.82) is 0 Å². The lowest BCUT2D eigenvalue weighted by Gasteiger charge is -2.24. The lowest BCUT2D eigenvalue weighted by Crippen LogP contribution is -2.43. The molecule has 282 valence electrons. The standard InChI is InChI=1S/C38H37F3N6O6S/c1-22-29-18-31(43-20-32(29)47(46-22)54(49,50)27-12-7-6-8-13-27)30-19-33(35(42)45-34(30)28-14-15-51-23(28)2)52-21-26(44-36(48)53-37(3,4)5)17-24-10-9-11-25(16-24)38(39,40)41/h6-16,18-20,26H,17,21H2,1-5H3,(H2,42,45)(H,44,48)/t26-/m0/s1. The van der Waals surface area contributed by atoms with Crippen LogP contribution in [0.1, 0.15) is 43.4 Å².